The van der Waals surface area contributed by atoms with Gasteiger partial charge in [-0.05, 0) is 55.6 Å². The first-order chi connectivity index (χ1) is 29.2. The van der Waals surface area contributed by atoms with E-state index in [2.05, 4.69) is 21.9 Å². The number of fused-ring (bicyclic) bond motifs is 1. The maximum Gasteiger partial charge on any atom is 0.390 e. The van der Waals surface area contributed by atoms with Gasteiger partial charge in [0.05, 0.1) is 36.5 Å². The topological polar surface area (TPSA) is 176 Å². The molecule has 0 radical (unpaired) electrons. The Bertz CT molecular complexity index is 2330. The maximum atomic E-state index is 14.9. The summed E-state index contributed by atoms with van der Waals surface area (Å²) >= 11 is 0. The summed E-state index contributed by atoms with van der Waals surface area (Å²) in [6, 6.07) is 13.0. The van der Waals surface area contributed by atoms with Gasteiger partial charge in [-0.1, -0.05) is 57.2 Å². The summed E-state index contributed by atoms with van der Waals surface area (Å²) in [7, 11) is -2.45. The molecule has 7 rings (SSSR count). The minimum atomic E-state index is -4.51. The van der Waals surface area contributed by atoms with Crippen LogP contribution in [0.15, 0.2) is 67.3 Å². The fourth-order valence-corrected chi connectivity index (χ4v) is 9.27. The van der Waals surface area contributed by atoms with Crippen LogP contribution >= 0.6 is 0 Å². The number of likely N-dealkylation sites (tertiary alicyclic amines) is 1. The molecule has 0 unspecified atom stereocenters. The summed E-state index contributed by atoms with van der Waals surface area (Å²) in [6.07, 6.45) is -2.76. The fourth-order valence-electron chi connectivity index (χ4n) is 7.91. The molecule has 62 heavy (non-hydrogen) atoms. The predicted octanol–water partition coefficient (Wildman–Crippen LogP) is 5.72. The molecule has 3 N–H and O–H groups in total. The Balaban J connectivity index is 1.21. The van der Waals surface area contributed by atoms with E-state index in [1.54, 1.807) is 45.0 Å². The Labute approximate surface area is 359 Å². The quantitative estimate of drug-likeness (QED) is 0.152. The highest BCUT2D eigenvalue weighted by Crippen LogP contribution is 2.46. The highest BCUT2D eigenvalue weighted by atomic mass is 32.2. The van der Waals surface area contributed by atoms with Crippen LogP contribution < -0.4 is 24.8 Å². The zero-order valence-corrected chi connectivity index (χ0v) is 36.0. The minimum Gasteiger partial charge on any atom is -0.497 e. The largest absolute Gasteiger partial charge is 0.497 e. The number of rotatable bonds is 16. The molecule has 5 atom stereocenters. The van der Waals surface area contributed by atoms with Crippen LogP contribution in [0.25, 0.3) is 22.2 Å². The molecule has 4 aliphatic rings. The van der Waals surface area contributed by atoms with Gasteiger partial charge in [-0.2, -0.15) is 13.2 Å². The molecule has 0 spiro atoms. The monoisotopic (exact) mass is 882 g/mol. The first kappa shape index (κ1) is 44.7. The third-order valence-electron chi connectivity index (χ3n) is 11.9. The first-order valence-electron chi connectivity index (χ1n) is 20.9. The van der Waals surface area contributed by atoms with Crippen molar-refractivity contribution in [3.05, 3.63) is 67.3 Å². The SMILES string of the molecule is C=C[C@@H]1C[C@]1(NC(=O)[C@@H]1C[C@@H](Oc2cc(-c3ccccc3)nc3cc(OC)ccc23)CN1C(=O)[C@@H](NC(=O)N(CCC(F)(F)F)CC1CC1)C(C)(C)C)C(=O)NS(=O)(=O)C1CC1. The van der Waals surface area contributed by atoms with Crippen LogP contribution in [0.2, 0.25) is 0 Å². The van der Waals surface area contributed by atoms with Crippen LogP contribution in [-0.4, -0.2) is 109 Å². The number of aromatic nitrogens is 1. The fraction of sp³-hybridized carbons (Fsp3) is 0.523. The zero-order chi connectivity index (χ0) is 44.8. The van der Waals surface area contributed by atoms with Crippen molar-refractivity contribution in [2.75, 3.05) is 26.7 Å². The standard InChI is InChI=1S/C44H53F3N6O8S/c1-6-28-23-43(28,40(56)51-62(58,59)31-15-16-31)50-38(54)35-21-30(61-36-22-33(27-10-8-7-9-11-27)48-34-20-29(60-5)14-17-32(34)36)25-53(35)39(55)37(42(2,3)4)49-41(57)52(24-26-12-13-26)19-18-44(45,46)47/h6-11,14,17,20,22,26,28,30-31,35,37H,1,12-13,15-16,18-19,21,23-25H2,2-5H3,(H,49,57)(H,50,54)(H,51,56)/t28-,30-,35+,37-,43-/m1/s1. The summed E-state index contributed by atoms with van der Waals surface area (Å²) in [5.41, 5.74) is -0.729. The molecule has 334 valence electrons. The second-order valence-corrected chi connectivity index (χ2v) is 19.9. The summed E-state index contributed by atoms with van der Waals surface area (Å²) in [5, 5.41) is 5.40. The van der Waals surface area contributed by atoms with Crippen molar-refractivity contribution in [2.24, 2.45) is 17.3 Å². The number of methoxy groups -OCH3 is 1. The number of hydrogen-bond donors (Lipinski definition) is 3. The number of urea groups is 1. The second kappa shape index (κ2) is 17.1. The van der Waals surface area contributed by atoms with Crippen molar-refractivity contribution in [1.82, 2.24) is 30.1 Å². The molecule has 3 saturated carbocycles. The molecule has 1 aromatic heterocycles. The Morgan fingerprint density at radius 3 is 2.35 bits per heavy atom. The van der Waals surface area contributed by atoms with E-state index >= 15 is 0 Å². The van der Waals surface area contributed by atoms with E-state index in [0.717, 1.165) is 23.3 Å². The van der Waals surface area contributed by atoms with Gasteiger partial charge in [-0.25, -0.2) is 18.2 Å². The Kier molecular flexibility index (Phi) is 12.3. The second-order valence-electron chi connectivity index (χ2n) is 17.9. The number of hydrogen-bond acceptors (Lipinski definition) is 9. The Morgan fingerprint density at radius 2 is 1.76 bits per heavy atom. The molecule has 4 fully saturated rings. The maximum absolute atomic E-state index is 14.9. The summed E-state index contributed by atoms with van der Waals surface area (Å²) < 4.78 is 80.0. The van der Waals surface area contributed by atoms with Crippen LogP contribution in [0.1, 0.15) is 65.7 Å². The smallest absolute Gasteiger partial charge is 0.390 e. The summed E-state index contributed by atoms with van der Waals surface area (Å²) in [5.74, 6) is -1.97. The highest BCUT2D eigenvalue weighted by Gasteiger charge is 2.62. The molecule has 18 heteroatoms. The van der Waals surface area contributed by atoms with E-state index in [-0.39, 0.29) is 31.8 Å². The minimum absolute atomic E-state index is 0.0562. The third-order valence-corrected chi connectivity index (χ3v) is 13.8. The first-order valence-corrected chi connectivity index (χ1v) is 22.4. The number of carbonyl (C=O) groups is 4. The van der Waals surface area contributed by atoms with Gasteiger partial charge in [-0.15, -0.1) is 6.58 Å². The predicted molar refractivity (Wildman–Crippen MR) is 224 cm³/mol. The van der Waals surface area contributed by atoms with Crippen molar-refractivity contribution >= 4 is 44.7 Å². The van der Waals surface area contributed by atoms with Crippen molar-refractivity contribution in [2.45, 2.75) is 101 Å². The lowest BCUT2D eigenvalue weighted by Crippen LogP contribution is -2.61. The van der Waals surface area contributed by atoms with Gasteiger partial charge in [0.1, 0.15) is 35.2 Å². The molecule has 2 heterocycles. The molecule has 0 bridgehead atoms. The Morgan fingerprint density at radius 1 is 1.05 bits per heavy atom. The number of alkyl halides is 3. The zero-order valence-electron chi connectivity index (χ0n) is 35.2. The van der Waals surface area contributed by atoms with E-state index in [9.17, 15) is 40.8 Å². The van der Waals surface area contributed by atoms with Gasteiger partial charge in [0.2, 0.25) is 21.8 Å². The lowest BCUT2D eigenvalue weighted by Gasteiger charge is -2.37. The lowest BCUT2D eigenvalue weighted by atomic mass is 9.85. The number of ether oxygens (including phenoxy) is 2. The van der Waals surface area contributed by atoms with Gasteiger partial charge >= 0.3 is 12.2 Å². The number of amides is 5. The van der Waals surface area contributed by atoms with Crippen LogP contribution in [0.3, 0.4) is 0 Å². The molecular weight excluding hydrogens is 830 g/mol. The molecule has 3 aliphatic carbocycles. The van der Waals surface area contributed by atoms with Crippen LogP contribution in [0, 0.1) is 17.3 Å². The summed E-state index contributed by atoms with van der Waals surface area (Å²) in [6.45, 7) is 8.18. The van der Waals surface area contributed by atoms with Gasteiger partial charge in [0, 0.05) is 48.5 Å². The average Bonchev–Trinajstić information content (AvgIpc) is 4.12. The van der Waals surface area contributed by atoms with Crippen LogP contribution in [0.5, 0.6) is 11.5 Å². The highest BCUT2D eigenvalue weighted by molar-refractivity contribution is 7.91. The van der Waals surface area contributed by atoms with E-state index in [0.29, 0.717) is 40.9 Å². The van der Waals surface area contributed by atoms with E-state index in [1.807, 2.05) is 30.3 Å². The number of pyridine rings is 1. The number of sulfonamides is 1. The van der Waals surface area contributed by atoms with Crippen molar-refractivity contribution in [3.8, 4) is 22.8 Å². The Hall–Kier alpha value is -5.39. The van der Waals surface area contributed by atoms with E-state index < -0.39 is 93.2 Å². The average molecular weight is 883 g/mol. The van der Waals surface area contributed by atoms with Gasteiger partial charge < -0.3 is 29.9 Å². The van der Waals surface area contributed by atoms with Gasteiger partial charge in [0.15, 0.2) is 0 Å². The molecule has 1 saturated heterocycles. The molecular formula is C44H53F3N6O8S. The number of nitrogens with one attached hydrogen (secondary N) is 3. The molecule has 1 aliphatic heterocycles. The third kappa shape index (κ3) is 10.1. The van der Waals surface area contributed by atoms with Crippen LogP contribution in [-0.2, 0) is 24.4 Å². The molecule has 2 aromatic carbocycles. The molecule has 3 aromatic rings. The van der Waals surface area contributed by atoms with Crippen LogP contribution in [0.4, 0.5) is 18.0 Å². The van der Waals surface area contributed by atoms with Crippen molar-refractivity contribution in [1.29, 1.82) is 0 Å². The van der Waals surface area contributed by atoms with E-state index in [4.69, 9.17) is 14.5 Å². The number of nitrogens with zero attached hydrogens (tertiary/aromatic N) is 3. The van der Waals surface area contributed by atoms with Crippen molar-refractivity contribution in [3.63, 3.8) is 0 Å². The summed E-state index contributed by atoms with van der Waals surface area (Å²) in [4.78, 5) is 64.2. The number of halogens is 3. The number of benzene rings is 2. The lowest BCUT2D eigenvalue weighted by molar-refractivity contribution is -0.143. The normalized spacial score (nSPS) is 23.0. The molecule has 5 amide bonds. The van der Waals surface area contributed by atoms with Gasteiger partial charge in [0.25, 0.3) is 5.91 Å². The molecule has 14 nitrogen and oxygen atoms in total. The number of carbonyl (C=O) groups excluding carboxylic acids is 4. The van der Waals surface area contributed by atoms with Crippen molar-refractivity contribution < 1.29 is 50.2 Å². The van der Waals surface area contributed by atoms with E-state index in [1.165, 1.54) is 18.1 Å². The van der Waals surface area contributed by atoms with Gasteiger partial charge in [-0.3, -0.25) is 19.1 Å².